The zero-order chi connectivity index (χ0) is 20.8. The first-order chi connectivity index (χ1) is 13.9. The number of aryl methyl sites for hydroxylation is 1. The summed E-state index contributed by atoms with van der Waals surface area (Å²) in [6.07, 6.45) is 1.87. The second-order valence-electron chi connectivity index (χ2n) is 8.01. The molecule has 29 heavy (non-hydrogen) atoms. The maximum absolute atomic E-state index is 12.7. The van der Waals surface area contributed by atoms with Crippen LogP contribution in [0.25, 0.3) is 0 Å². The SMILES string of the molecule is Cc1ccccc1C(=O)N1CCC(COc2ccc(C(=O)NC(C)C)cc2)CC1. The largest absolute Gasteiger partial charge is 0.493 e. The van der Waals surface area contributed by atoms with Crippen molar-refractivity contribution in [3.05, 3.63) is 65.2 Å². The molecule has 2 aromatic rings. The van der Waals surface area contributed by atoms with Crippen LogP contribution in [0.15, 0.2) is 48.5 Å². The van der Waals surface area contributed by atoms with E-state index in [2.05, 4.69) is 5.32 Å². The van der Waals surface area contributed by atoms with Crippen LogP contribution in [0.2, 0.25) is 0 Å². The predicted octanol–water partition coefficient (Wildman–Crippen LogP) is 4.06. The lowest BCUT2D eigenvalue weighted by Crippen LogP contribution is -2.40. The molecule has 0 radical (unpaired) electrons. The maximum Gasteiger partial charge on any atom is 0.254 e. The van der Waals surface area contributed by atoms with Crippen LogP contribution >= 0.6 is 0 Å². The maximum atomic E-state index is 12.7. The van der Waals surface area contributed by atoms with Gasteiger partial charge >= 0.3 is 0 Å². The molecule has 1 fully saturated rings. The number of hydrogen-bond acceptors (Lipinski definition) is 3. The van der Waals surface area contributed by atoms with Gasteiger partial charge in [-0.3, -0.25) is 9.59 Å². The number of rotatable bonds is 6. The number of hydrogen-bond donors (Lipinski definition) is 1. The van der Waals surface area contributed by atoms with Crippen LogP contribution in [-0.4, -0.2) is 42.5 Å². The van der Waals surface area contributed by atoms with Gasteiger partial charge in [0.1, 0.15) is 5.75 Å². The van der Waals surface area contributed by atoms with Crippen LogP contribution in [0.5, 0.6) is 5.75 Å². The lowest BCUT2D eigenvalue weighted by atomic mass is 9.96. The van der Waals surface area contributed by atoms with E-state index in [1.54, 1.807) is 12.1 Å². The highest BCUT2D eigenvalue weighted by Crippen LogP contribution is 2.22. The van der Waals surface area contributed by atoms with Gasteiger partial charge in [-0.25, -0.2) is 0 Å². The van der Waals surface area contributed by atoms with Crippen molar-refractivity contribution in [1.82, 2.24) is 10.2 Å². The minimum atomic E-state index is -0.0720. The van der Waals surface area contributed by atoms with Crippen LogP contribution in [0, 0.1) is 12.8 Å². The smallest absolute Gasteiger partial charge is 0.254 e. The zero-order valence-electron chi connectivity index (χ0n) is 17.5. The number of amides is 2. The summed E-state index contributed by atoms with van der Waals surface area (Å²) in [7, 11) is 0. The van der Waals surface area contributed by atoms with Gasteiger partial charge in [-0.05, 0) is 75.4 Å². The van der Waals surface area contributed by atoms with E-state index in [1.807, 2.05) is 62.1 Å². The Kier molecular flexibility index (Phi) is 6.91. The molecule has 154 valence electrons. The minimum absolute atomic E-state index is 0.0720. The van der Waals surface area contributed by atoms with E-state index in [1.165, 1.54) is 0 Å². The molecule has 5 nitrogen and oxygen atoms in total. The Balaban J connectivity index is 1.46. The van der Waals surface area contributed by atoms with E-state index in [9.17, 15) is 9.59 Å². The number of likely N-dealkylation sites (tertiary alicyclic amines) is 1. The van der Waals surface area contributed by atoms with Crippen LogP contribution in [0.3, 0.4) is 0 Å². The number of piperidine rings is 1. The molecule has 0 aliphatic carbocycles. The number of ether oxygens (including phenoxy) is 1. The minimum Gasteiger partial charge on any atom is -0.493 e. The summed E-state index contributed by atoms with van der Waals surface area (Å²) < 4.78 is 5.93. The van der Waals surface area contributed by atoms with Gasteiger partial charge in [-0.2, -0.15) is 0 Å². The van der Waals surface area contributed by atoms with Gasteiger partial charge in [-0.15, -0.1) is 0 Å². The average Bonchev–Trinajstić information content (AvgIpc) is 2.72. The first-order valence-electron chi connectivity index (χ1n) is 10.3. The molecule has 0 bridgehead atoms. The number of nitrogens with one attached hydrogen (secondary N) is 1. The van der Waals surface area contributed by atoms with E-state index in [0.717, 1.165) is 42.8 Å². The normalized spacial score (nSPS) is 14.7. The van der Waals surface area contributed by atoms with Crippen molar-refractivity contribution in [2.75, 3.05) is 19.7 Å². The van der Waals surface area contributed by atoms with E-state index in [-0.39, 0.29) is 17.9 Å². The third-order valence-corrected chi connectivity index (χ3v) is 5.30. The molecule has 1 aliphatic rings. The second kappa shape index (κ2) is 9.59. The van der Waals surface area contributed by atoms with Crippen molar-refractivity contribution in [2.24, 2.45) is 5.92 Å². The molecule has 0 atom stereocenters. The average molecular weight is 395 g/mol. The highest BCUT2D eigenvalue weighted by atomic mass is 16.5. The lowest BCUT2D eigenvalue weighted by molar-refractivity contribution is 0.0660. The predicted molar refractivity (Wildman–Crippen MR) is 114 cm³/mol. The number of nitrogens with zero attached hydrogens (tertiary/aromatic N) is 1. The molecule has 1 aliphatic heterocycles. The van der Waals surface area contributed by atoms with Crippen LogP contribution in [-0.2, 0) is 0 Å². The zero-order valence-corrected chi connectivity index (χ0v) is 17.5. The summed E-state index contributed by atoms with van der Waals surface area (Å²) in [5.41, 5.74) is 2.45. The Labute approximate surface area is 173 Å². The molecule has 1 N–H and O–H groups in total. The van der Waals surface area contributed by atoms with Crippen molar-refractivity contribution in [3.8, 4) is 5.75 Å². The number of benzene rings is 2. The molecule has 5 heteroatoms. The Bertz CT molecular complexity index is 837. The van der Waals surface area contributed by atoms with Gasteiger partial charge in [0, 0.05) is 30.3 Å². The fraction of sp³-hybridized carbons (Fsp3) is 0.417. The van der Waals surface area contributed by atoms with Crippen molar-refractivity contribution < 1.29 is 14.3 Å². The molecule has 0 aromatic heterocycles. The van der Waals surface area contributed by atoms with Gasteiger partial charge in [0.15, 0.2) is 0 Å². The van der Waals surface area contributed by atoms with E-state index < -0.39 is 0 Å². The van der Waals surface area contributed by atoms with Gasteiger partial charge in [0.25, 0.3) is 11.8 Å². The van der Waals surface area contributed by atoms with Gasteiger partial charge in [-0.1, -0.05) is 18.2 Å². The van der Waals surface area contributed by atoms with Crippen LogP contribution in [0.4, 0.5) is 0 Å². The lowest BCUT2D eigenvalue weighted by Gasteiger charge is -2.32. The summed E-state index contributed by atoms with van der Waals surface area (Å²) in [5, 5.41) is 2.88. The van der Waals surface area contributed by atoms with Crippen LogP contribution in [0.1, 0.15) is 53.0 Å². The Morgan fingerprint density at radius 3 is 2.34 bits per heavy atom. The number of carbonyl (C=O) groups excluding carboxylic acids is 2. The molecule has 0 spiro atoms. The fourth-order valence-electron chi connectivity index (χ4n) is 3.55. The molecule has 2 aromatic carbocycles. The standard InChI is InChI=1S/C24H30N2O3/c1-17(2)25-23(27)20-8-10-21(11-9-20)29-16-19-12-14-26(15-13-19)24(28)22-7-5-4-6-18(22)3/h4-11,17,19H,12-16H2,1-3H3,(H,25,27). The Hall–Kier alpha value is -2.82. The summed E-state index contributed by atoms with van der Waals surface area (Å²) in [6, 6.07) is 15.1. The van der Waals surface area contributed by atoms with Crippen molar-refractivity contribution in [3.63, 3.8) is 0 Å². The summed E-state index contributed by atoms with van der Waals surface area (Å²) in [6.45, 7) is 8.00. The van der Waals surface area contributed by atoms with E-state index >= 15 is 0 Å². The quantitative estimate of drug-likeness (QED) is 0.804. The molecule has 3 rings (SSSR count). The first kappa shape index (κ1) is 20.9. The van der Waals surface area contributed by atoms with E-state index in [0.29, 0.717) is 18.1 Å². The Morgan fingerprint density at radius 2 is 1.72 bits per heavy atom. The van der Waals surface area contributed by atoms with Crippen molar-refractivity contribution >= 4 is 11.8 Å². The molecule has 0 saturated carbocycles. The third-order valence-electron chi connectivity index (χ3n) is 5.30. The van der Waals surface area contributed by atoms with Crippen molar-refractivity contribution in [1.29, 1.82) is 0 Å². The molecular weight excluding hydrogens is 364 g/mol. The third kappa shape index (κ3) is 5.59. The van der Waals surface area contributed by atoms with Crippen LogP contribution < -0.4 is 10.1 Å². The second-order valence-corrected chi connectivity index (χ2v) is 8.01. The molecule has 1 heterocycles. The molecule has 2 amide bonds. The summed E-state index contributed by atoms with van der Waals surface area (Å²) in [4.78, 5) is 26.7. The fourth-order valence-corrected chi connectivity index (χ4v) is 3.55. The van der Waals surface area contributed by atoms with E-state index in [4.69, 9.17) is 4.74 Å². The summed E-state index contributed by atoms with van der Waals surface area (Å²) in [5.74, 6) is 1.25. The highest BCUT2D eigenvalue weighted by molar-refractivity contribution is 5.95. The number of carbonyl (C=O) groups is 2. The molecule has 1 saturated heterocycles. The topological polar surface area (TPSA) is 58.6 Å². The van der Waals surface area contributed by atoms with Crippen molar-refractivity contribution in [2.45, 2.75) is 39.7 Å². The monoisotopic (exact) mass is 394 g/mol. The van der Waals surface area contributed by atoms with Gasteiger partial charge < -0.3 is 15.0 Å². The van der Waals surface area contributed by atoms with Gasteiger partial charge in [0.05, 0.1) is 6.61 Å². The first-order valence-corrected chi connectivity index (χ1v) is 10.3. The molecule has 0 unspecified atom stereocenters. The molecular formula is C24H30N2O3. The van der Waals surface area contributed by atoms with Gasteiger partial charge in [0.2, 0.25) is 0 Å². The highest BCUT2D eigenvalue weighted by Gasteiger charge is 2.24. The summed E-state index contributed by atoms with van der Waals surface area (Å²) >= 11 is 0. The Morgan fingerprint density at radius 1 is 1.07 bits per heavy atom.